The van der Waals surface area contributed by atoms with Crippen molar-refractivity contribution in [2.75, 3.05) is 0 Å². The van der Waals surface area contributed by atoms with Crippen molar-refractivity contribution >= 4 is 0 Å². The van der Waals surface area contributed by atoms with Gasteiger partial charge in [-0.25, -0.2) is 0 Å². The van der Waals surface area contributed by atoms with E-state index in [1.165, 1.54) is 18.4 Å². The third-order valence-corrected chi connectivity index (χ3v) is 2.94. The van der Waals surface area contributed by atoms with Gasteiger partial charge in [0.15, 0.2) is 0 Å². The summed E-state index contributed by atoms with van der Waals surface area (Å²) in [4.78, 5) is 0. The highest BCUT2D eigenvalue weighted by Crippen LogP contribution is 2.11. The average molecular weight is 219 g/mol. The van der Waals surface area contributed by atoms with Crippen LogP contribution in [-0.2, 0) is 6.42 Å². The molecule has 0 aliphatic carbocycles. The van der Waals surface area contributed by atoms with Crippen molar-refractivity contribution in [2.45, 2.75) is 52.6 Å². The molecule has 0 aliphatic rings. The van der Waals surface area contributed by atoms with Gasteiger partial charge in [0.1, 0.15) is 0 Å². The molecule has 1 nitrogen and oxygen atoms in total. The first-order chi connectivity index (χ1) is 7.59. The van der Waals surface area contributed by atoms with E-state index >= 15 is 0 Å². The van der Waals surface area contributed by atoms with Gasteiger partial charge in [0.05, 0.1) is 0 Å². The predicted octanol–water partition coefficient (Wildman–Crippen LogP) is 3.64. The Hall–Kier alpha value is -0.820. The fourth-order valence-corrected chi connectivity index (χ4v) is 2.00. The van der Waals surface area contributed by atoms with E-state index in [0.717, 1.165) is 0 Å². The highest BCUT2D eigenvalue weighted by molar-refractivity contribution is 5.14. The summed E-state index contributed by atoms with van der Waals surface area (Å²) < 4.78 is 0. The van der Waals surface area contributed by atoms with E-state index in [2.05, 4.69) is 63.3 Å². The van der Waals surface area contributed by atoms with Crippen molar-refractivity contribution in [1.29, 1.82) is 0 Å². The Balaban J connectivity index is 2.44. The molecule has 0 bridgehead atoms. The molecule has 1 heteroatoms. The SMILES string of the molecule is CC(C)N[C@@H](CCc1ccccc1)C(C)C. The smallest absolute Gasteiger partial charge is 0.00955 e. The topological polar surface area (TPSA) is 12.0 Å². The van der Waals surface area contributed by atoms with E-state index in [4.69, 9.17) is 0 Å². The van der Waals surface area contributed by atoms with Crippen LogP contribution in [0, 0.1) is 5.92 Å². The zero-order valence-corrected chi connectivity index (χ0v) is 11.0. The first-order valence-electron chi connectivity index (χ1n) is 6.39. The molecule has 0 spiro atoms. The molecule has 0 fully saturated rings. The van der Waals surface area contributed by atoms with Crippen molar-refractivity contribution in [3.05, 3.63) is 35.9 Å². The zero-order chi connectivity index (χ0) is 12.0. The molecule has 1 rings (SSSR count). The zero-order valence-electron chi connectivity index (χ0n) is 11.0. The Kier molecular flexibility index (Phi) is 5.54. The van der Waals surface area contributed by atoms with Crippen molar-refractivity contribution < 1.29 is 0 Å². The van der Waals surface area contributed by atoms with Gasteiger partial charge in [-0.1, -0.05) is 58.0 Å². The van der Waals surface area contributed by atoms with Crippen LogP contribution in [0.5, 0.6) is 0 Å². The Morgan fingerprint density at radius 3 is 2.12 bits per heavy atom. The Morgan fingerprint density at radius 2 is 1.62 bits per heavy atom. The third-order valence-electron chi connectivity index (χ3n) is 2.94. The third kappa shape index (κ3) is 4.80. The van der Waals surface area contributed by atoms with Gasteiger partial charge in [-0.15, -0.1) is 0 Å². The van der Waals surface area contributed by atoms with Crippen LogP contribution in [0.25, 0.3) is 0 Å². The largest absolute Gasteiger partial charge is 0.312 e. The van der Waals surface area contributed by atoms with Crippen molar-refractivity contribution in [2.24, 2.45) is 5.92 Å². The fraction of sp³-hybridized carbons (Fsp3) is 0.600. The number of rotatable bonds is 6. The second-order valence-corrected chi connectivity index (χ2v) is 5.20. The van der Waals surface area contributed by atoms with Crippen LogP contribution in [0.15, 0.2) is 30.3 Å². The molecule has 1 aromatic carbocycles. The minimum absolute atomic E-state index is 0.572. The van der Waals surface area contributed by atoms with Gasteiger partial charge in [-0.2, -0.15) is 0 Å². The molecule has 0 saturated heterocycles. The highest BCUT2D eigenvalue weighted by atomic mass is 14.9. The van der Waals surface area contributed by atoms with E-state index in [1.54, 1.807) is 0 Å². The molecule has 1 aromatic rings. The van der Waals surface area contributed by atoms with E-state index < -0.39 is 0 Å². The lowest BCUT2D eigenvalue weighted by Gasteiger charge is -2.24. The van der Waals surface area contributed by atoms with Gasteiger partial charge in [-0.3, -0.25) is 0 Å². The summed E-state index contributed by atoms with van der Waals surface area (Å²) in [7, 11) is 0. The second kappa shape index (κ2) is 6.70. The normalized spacial score (nSPS) is 13.4. The van der Waals surface area contributed by atoms with Crippen LogP contribution in [0.2, 0.25) is 0 Å². The molecule has 16 heavy (non-hydrogen) atoms. The monoisotopic (exact) mass is 219 g/mol. The molecular weight excluding hydrogens is 194 g/mol. The summed E-state index contributed by atoms with van der Waals surface area (Å²) in [5, 5.41) is 3.65. The molecule has 0 unspecified atom stereocenters. The van der Waals surface area contributed by atoms with Crippen LogP contribution in [0.4, 0.5) is 0 Å². The van der Waals surface area contributed by atoms with E-state index in [-0.39, 0.29) is 0 Å². The van der Waals surface area contributed by atoms with Crippen LogP contribution in [0.1, 0.15) is 39.7 Å². The lowest BCUT2D eigenvalue weighted by atomic mass is 9.96. The first-order valence-corrected chi connectivity index (χ1v) is 6.39. The van der Waals surface area contributed by atoms with E-state index in [9.17, 15) is 0 Å². The minimum atomic E-state index is 0.572. The molecule has 1 N–H and O–H groups in total. The summed E-state index contributed by atoms with van der Waals surface area (Å²) in [5.74, 6) is 0.700. The van der Waals surface area contributed by atoms with Gasteiger partial charge < -0.3 is 5.32 Å². The maximum atomic E-state index is 3.65. The molecule has 0 amide bonds. The number of aryl methyl sites for hydroxylation is 1. The summed E-state index contributed by atoms with van der Waals surface area (Å²) in [6, 6.07) is 11.9. The Morgan fingerprint density at radius 1 is 1.00 bits per heavy atom. The molecule has 0 aliphatic heterocycles. The van der Waals surface area contributed by atoms with Crippen molar-refractivity contribution in [3.63, 3.8) is 0 Å². The Labute approximate surface area is 100 Å². The summed E-state index contributed by atoms with van der Waals surface area (Å²) >= 11 is 0. The molecule has 1 atom stereocenters. The van der Waals surface area contributed by atoms with Crippen molar-refractivity contribution in [3.8, 4) is 0 Å². The maximum absolute atomic E-state index is 3.65. The standard InChI is InChI=1S/C15H25N/c1-12(2)15(16-13(3)4)11-10-14-8-6-5-7-9-14/h5-9,12-13,15-16H,10-11H2,1-4H3/t15-/m0/s1. The van der Waals surface area contributed by atoms with Crippen LogP contribution >= 0.6 is 0 Å². The number of hydrogen-bond donors (Lipinski definition) is 1. The average Bonchev–Trinajstić information content (AvgIpc) is 2.25. The number of hydrogen-bond acceptors (Lipinski definition) is 1. The van der Waals surface area contributed by atoms with Gasteiger partial charge >= 0.3 is 0 Å². The molecule has 0 saturated carbocycles. The highest BCUT2D eigenvalue weighted by Gasteiger charge is 2.13. The van der Waals surface area contributed by atoms with Crippen LogP contribution < -0.4 is 5.32 Å². The minimum Gasteiger partial charge on any atom is -0.312 e. The summed E-state index contributed by atoms with van der Waals surface area (Å²) in [6.07, 6.45) is 2.39. The quantitative estimate of drug-likeness (QED) is 0.770. The van der Waals surface area contributed by atoms with Crippen molar-refractivity contribution in [1.82, 2.24) is 5.32 Å². The fourth-order valence-electron chi connectivity index (χ4n) is 2.00. The van der Waals surface area contributed by atoms with Gasteiger partial charge in [0.25, 0.3) is 0 Å². The van der Waals surface area contributed by atoms with Gasteiger partial charge in [0, 0.05) is 12.1 Å². The predicted molar refractivity (Wildman–Crippen MR) is 71.7 cm³/mol. The second-order valence-electron chi connectivity index (χ2n) is 5.20. The maximum Gasteiger partial charge on any atom is 0.00955 e. The van der Waals surface area contributed by atoms with Gasteiger partial charge in [0.2, 0.25) is 0 Å². The van der Waals surface area contributed by atoms with E-state index in [0.29, 0.717) is 18.0 Å². The molecular formula is C15H25N. The lowest BCUT2D eigenvalue weighted by molar-refractivity contribution is 0.352. The lowest BCUT2D eigenvalue weighted by Crippen LogP contribution is -2.38. The molecule has 90 valence electrons. The van der Waals surface area contributed by atoms with Crippen LogP contribution in [0.3, 0.4) is 0 Å². The molecule has 0 heterocycles. The van der Waals surface area contributed by atoms with Gasteiger partial charge in [-0.05, 0) is 24.3 Å². The molecule has 0 aromatic heterocycles. The van der Waals surface area contributed by atoms with Crippen LogP contribution in [-0.4, -0.2) is 12.1 Å². The number of benzene rings is 1. The Bertz CT molecular complexity index is 277. The molecule has 0 radical (unpaired) electrons. The summed E-state index contributed by atoms with van der Waals surface area (Å²) in [6.45, 7) is 9.03. The number of nitrogens with one attached hydrogen (secondary N) is 1. The van der Waals surface area contributed by atoms with E-state index in [1.807, 2.05) is 0 Å². The first kappa shape index (κ1) is 13.2. The summed E-state index contributed by atoms with van der Waals surface area (Å²) in [5.41, 5.74) is 1.44.